The number of halogens is 1. The van der Waals surface area contributed by atoms with Gasteiger partial charge in [-0.15, -0.1) is 0 Å². The van der Waals surface area contributed by atoms with E-state index in [0.29, 0.717) is 11.3 Å². The van der Waals surface area contributed by atoms with Crippen LogP contribution in [0.25, 0.3) is 0 Å². The first-order chi connectivity index (χ1) is 11.4. The highest BCUT2D eigenvalue weighted by molar-refractivity contribution is 6.16. The number of benzene rings is 2. The summed E-state index contributed by atoms with van der Waals surface area (Å²) in [6.45, 7) is 1.26. The highest BCUT2D eigenvalue weighted by atomic mass is 19.1. The van der Waals surface area contributed by atoms with E-state index in [9.17, 15) is 24.2 Å². The summed E-state index contributed by atoms with van der Waals surface area (Å²) in [5.41, 5.74) is 0.849. The lowest BCUT2D eigenvalue weighted by Crippen LogP contribution is -2.30. The monoisotopic (exact) mass is 327 g/mol. The number of rotatable bonds is 3. The molecule has 6 heteroatoms. The molecular weight excluding hydrogens is 313 g/mol. The van der Waals surface area contributed by atoms with Crippen LogP contribution in [-0.2, 0) is 9.59 Å². The standard InChI is InChI=1S/C18H14FNO4/c1-10(21)15-16(11-2-4-12(19)5-3-11)20(18(24)17(15)23)13-6-8-14(22)9-7-13/h2-9,16,22-23H,1H3/t16-/m0/s1. The van der Waals surface area contributed by atoms with E-state index in [2.05, 4.69) is 0 Å². The topological polar surface area (TPSA) is 77.8 Å². The Hall–Kier alpha value is -3.15. The third kappa shape index (κ3) is 2.52. The lowest BCUT2D eigenvalue weighted by Gasteiger charge is -2.26. The molecule has 0 aliphatic carbocycles. The van der Waals surface area contributed by atoms with E-state index in [0.717, 1.165) is 0 Å². The van der Waals surface area contributed by atoms with Crippen molar-refractivity contribution in [3.8, 4) is 5.75 Å². The Morgan fingerprint density at radius 2 is 1.62 bits per heavy atom. The van der Waals surface area contributed by atoms with Gasteiger partial charge in [0.25, 0.3) is 5.91 Å². The maximum Gasteiger partial charge on any atom is 0.294 e. The minimum Gasteiger partial charge on any atom is -0.508 e. The van der Waals surface area contributed by atoms with Crippen LogP contribution in [0.4, 0.5) is 10.1 Å². The maximum atomic E-state index is 13.2. The van der Waals surface area contributed by atoms with Gasteiger partial charge in [-0.1, -0.05) is 12.1 Å². The summed E-state index contributed by atoms with van der Waals surface area (Å²) in [6.07, 6.45) is 0. The largest absolute Gasteiger partial charge is 0.508 e. The molecule has 24 heavy (non-hydrogen) atoms. The number of carbonyl (C=O) groups excluding carboxylic acids is 2. The molecule has 0 unspecified atom stereocenters. The molecule has 0 saturated carbocycles. The fraction of sp³-hybridized carbons (Fsp3) is 0.111. The first-order valence-electron chi connectivity index (χ1n) is 7.22. The summed E-state index contributed by atoms with van der Waals surface area (Å²) in [7, 11) is 0. The Bertz CT molecular complexity index is 840. The van der Waals surface area contributed by atoms with Gasteiger partial charge in [0.1, 0.15) is 11.6 Å². The number of phenolic OH excluding ortho intramolecular Hbond substituents is 1. The van der Waals surface area contributed by atoms with Gasteiger partial charge >= 0.3 is 0 Å². The molecule has 0 spiro atoms. The molecule has 0 radical (unpaired) electrons. The van der Waals surface area contributed by atoms with Crippen LogP contribution in [0.1, 0.15) is 18.5 Å². The van der Waals surface area contributed by atoms with Crippen molar-refractivity contribution in [1.82, 2.24) is 0 Å². The van der Waals surface area contributed by atoms with Crippen molar-refractivity contribution in [1.29, 1.82) is 0 Å². The van der Waals surface area contributed by atoms with Crippen molar-refractivity contribution >= 4 is 17.4 Å². The molecule has 0 saturated heterocycles. The van der Waals surface area contributed by atoms with Crippen LogP contribution in [0.2, 0.25) is 0 Å². The molecule has 0 bridgehead atoms. The molecule has 1 aliphatic rings. The second kappa shape index (κ2) is 5.81. The van der Waals surface area contributed by atoms with E-state index >= 15 is 0 Å². The lowest BCUT2D eigenvalue weighted by atomic mass is 9.96. The highest BCUT2D eigenvalue weighted by Gasteiger charge is 2.43. The van der Waals surface area contributed by atoms with Crippen LogP contribution < -0.4 is 4.90 Å². The van der Waals surface area contributed by atoms with Crippen molar-refractivity contribution in [3.05, 3.63) is 71.2 Å². The van der Waals surface area contributed by atoms with Crippen LogP contribution in [0.5, 0.6) is 5.75 Å². The Kier molecular flexibility index (Phi) is 3.81. The molecule has 1 aliphatic heterocycles. The molecule has 1 atom stereocenters. The number of carbonyl (C=O) groups is 2. The maximum absolute atomic E-state index is 13.2. The third-order valence-corrected chi connectivity index (χ3v) is 3.90. The molecular formula is C18H14FNO4. The number of nitrogens with zero attached hydrogens (tertiary/aromatic N) is 1. The number of ketones is 1. The molecule has 2 aromatic rings. The first-order valence-corrected chi connectivity index (χ1v) is 7.22. The Balaban J connectivity index is 2.16. The number of aromatic hydroxyl groups is 1. The normalized spacial score (nSPS) is 17.5. The van der Waals surface area contributed by atoms with E-state index in [1.165, 1.54) is 60.4 Å². The summed E-state index contributed by atoms with van der Waals surface area (Å²) in [4.78, 5) is 25.7. The second-order valence-corrected chi connectivity index (χ2v) is 5.46. The second-order valence-electron chi connectivity index (χ2n) is 5.46. The summed E-state index contributed by atoms with van der Waals surface area (Å²) in [5.74, 6) is -2.22. The lowest BCUT2D eigenvalue weighted by molar-refractivity contribution is -0.117. The number of amides is 1. The average Bonchev–Trinajstić information content (AvgIpc) is 2.81. The third-order valence-electron chi connectivity index (χ3n) is 3.90. The van der Waals surface area contributed by atoms with E-state index in [1.54, 1.807) is 0 Å². The number of aliphatic hydroxyl groups is 1. The number of phenols is 1. The number of anilines is 1. The van der Waals surface area contributed by atoms with E-state index < -0.39 is 29.3 Å². The van der Waals surface area contributed by atoms with E-state index in [-0.39, 0.29) is 11.3 Å². The first kappa shape index (κ1) is 15.7. The fourth-order valence-corrected chi connectivity index (χ4v) is 2.80. The summed E-state index contributed by atoms with van der Waals surface area (Å²) in [5, 5.41) is 19.6. The van der Waals surface area contributed by atoms with E-state index in [4.69, 9.17) is 0 Å². The molecule has 1 amide bonds. The Labute approximate surface area is 137 Å². The molecule has 0 aromatic heterocycles. The highest BCUT2D eigenvalue weighted by Crippen LogP contribution is 2.41. The molecule has 2 N–H and O–H groups in total. The van der Waals surface area contributed by atoms with Gasteiger partial charge in [-0.3, -0.25) is 14.5 Å². The van der Waals surface area contributed by atoms with Crippen molar-refractivity contribution in [3.63, 3.8) is 0 Å². The minimum absolute atomic E-state index is 0.0210. The van der Waals surface area contributed by atoms with Gasteiger partial charge in [0.15, 0.2) is 11.5 Å². The van der Waals surface area contributed by atoms with Crippen LogP contribution in [0, 0.1) is 5.82 Å². The quantitative estimate of drug-likeness (QED) is 0.908. The smallest absolute Gasteiger partial charge is 0.294 e. The predicted octanol–water partition coefficient (Wildman–Crippen LogP) is 3.02. The van der Waals surface area contributed by atoms with E-state index in [1.807, 2.05) is 0 Å². The molecule has 5 nitrogen and oxygen atoms in total. The van der Waals surface area contributed by atoms with Crippen LogP contribution in [-0.4, -0.2) is 21.9 Å². The van der Waals surface area contributed by atoms with Gasteiger partial charge in [-0.2, -0.15) is 0 Å². The number of hydrogen-bond acceptors (Lipinski definition) is 4. The van der Waals surface area contributed by atoms with Gasteiger partial charge in [-0.25, -0.2) is 4.39 Å². The number of Topliss-reactive ketones (excluding diaryl/α,β-unsaturated/α-hetero) is 1. The molecule has 122 valence electrons. The van der Waals surface area contributed by atoms with Crippen molar-refractivity contribution in [2.75, 3.05) is 4.90 Å². The van der Waals surface area contributed by atoms with Crippen LogP contribution >= 0.6 is 0 Å². The predicted molar refractivity (Wildman–Crippen MR) is 85.1 cm³/mol. The number of hydrogen-bond donors (Lipinski definition) is 2. The summed E-state index contributed by atoms with van der Waals surface area (Å²) in [6, 6.07) is 10.3. The van der Waals surface area contributed by atoms with Gasteiger partial charge in [0.2, 0.25) is 0 Å². The summed E-state index contributed by atoms with van der Waals surface area (Å²) < 4.78 is 13.2. The van der Waals surface area contributed by atoms with Crippen molar-refractivity contribution in [2.45, 2.75) is 13.0 Å². The Morgan fingerprint density at radius 1 is 1.04 bits per heavy atom. The van der Waals surface area contributed by atoms with Gasteiger partial charge in [0.05, 0.1) is 11.6 Å². The fourth-order valence-electron chi connectivity index (χ4n) is 2.80. The van der Waals surface area contributed by atoms with Crippen LogP contribution in [0.3, 0.4) is 0 Å². The minimum atomic E-state index is -0.861. The molecule has 3 rings (SSSR count). The van der Waals surface area contributed by atoms with Gasteiger partial charge in [0, 0.05) is 5.69 Å². The van der Waals surface area contributed by atoms with Crippen molar-refractivity contribution in [2.24, 2.45) is 0 Å². The van der Waals surface area contributed by atoms with Gasteiger partial charge < -0.3 is 10.2 Å². The Morgan fingerprint density at radius 3 is 2.17 bits per heavy atom. The molecule has 1 heterocycles. The zero-order valence-electron chi connectivity index (χ0n) is 12.7. The number of aliphatic hydroxyl groups excluding tert-OH is 1. The SMILES string of the molecule is CC(=O)C1=C(O)C(=O)N(c2ccc(O)cc2)[C@H]1c1ccc(F)cc1. The van der Waals surface area contributed by atoms with Gasteiger partial charge in [-0.05, 0) is 48.9 Å². The van der Waals surface area contributed by atoms with Crippen molar-refractivity contribution < 1.29 is 24.2 Å². The zero-order chi connectivity index (χ0) is 17.4. The summed E-state index contributed by atoms with van der Waals surface area (Å²) >= 11 is 0. The molecule has 0 fully saturated rings. The molecule has 2 aromatic carbocycles. The average molecular weight is 327 g/mol. The zero-order valence-corrected chi connectivity index (χ0v) is 12.7. The van der Waals surface area contributed by atoms with Crippen LogP contribution in [0.15, 0.2) is 59.9 Å².